The molecule has 0 aliphatic carbocycles. The van der Waals surface area contributed by atoms with Crippen LogP contribution in [0.5, 0.6) is 0 Å². The van der Waals surface area contributed by atoms with Crippen LogP contribution in [0.2, 0.25) is 0 Å². The van der Waals surface area contributed by atoms with Crippen LogP contribution in [0, 0.1) is 5.82 Å². The SMILES string of the molecule is CC(C)(CO)c1cc(F)c2c(c1)CC(=O)N2. The number of carbonyl (C=O) groups is 1. The van der Waals surface area contributed by atoms with Crippen LogP contribution >= 0.6 is 0 Å². The van der Waals surface area contributed by atoms with Gasteiger partial charge in [0.15, 0.2) is 0 Å². The van der Waals surface area contributed by atoms with Gasteiger partial charge in [0.05, 0.1) is 18.7 Å². The molecule has 0 unspecified atom stereocenters. The van der Waals surface area contributed by atoms with Crippen molar-refractivity contribution in [2.45, 2.75) is 25.7 Å². The van der Waals surface area contributed by atoms with Gasteiger partial charge in [-0.05, 0) is 17.2 Å². The van der Waals surface area contributed by atoms with Gasteiger partial charge in [-0.2, -0.15) is 0 Å². The lowest BCUT2D eigenvalue weighted by Crippen LogP contribution is -2.22. The molecule has 4 heteroatoms. The summed E-state index contributed by atoms with van der Waals surface area (Å²) in [5, 5.41) is 11.7. The van der Waals surface area contributed by atoms with Gasteiger partial charge >= 0.3 is 0 Å². The molecule has 1 heterocycles. The van der Waals surface area contributed by atoms with Gasteiger partial charge in [-0.1, -0.05) is 19.9 Å². The molecule has 1 aliphatic rings. The quantitative estimate of drug-likeness (QED) is 0.800. The predicted molar refractivity (Wildman–Crippen MR) is 58.8 cm³/mol. The molecule has 2 N–H and O–H groups in total. The van der Waals surface area contributed by atoms with E-state index < -0.39 is 11.2 Å². The second-order valence-corrected chi connectivity index (χ2v) is 4.76. The van der Waals surface area contributed by atoms with Crippen molar-refractivity contribution < 1.29 is 14.3 Å². The average molecular weight is 223 g/mol. The number of aliphatic hydroxyl groups is 1. The van der Waals surface area contributed by atoms with Crippen molar-refractivity contribution in [3.05, 3.63) is 29.1 Å². The minimum Gasteiger partial charge on any atom is -0.395 e. The maximum atomic E-state index is 13.7. The van der Waals surface area contributed by atoms with E-state index in [4.69, 9.17) is 0 Å². The molecule has 1 aromatic rings. The van der Waals surface area contributed by atoms with Crippen molar-refractivity contribution in [3.8, 4) is 0 Å². The molecule has 0 saturated heterocycles. The van der Waals surface area contributed by atoms with Crippen LogP contribution in [-0.4, -0.2) is 17.6 Å². The fourth-order valence-corrected chi connectivity index (χ4v) is 1.78. The van der Waals surface area contributed by atoms with E-state index in [1.807, 2.05) is 13.8 Å². The zero-order chi connectivity index (χ0) is 11.9. The number of anilines is 1. The summed E-state index contributed by atoms with van der Waals surface area (Å²) < 4.78 is 13.7. The zero-order valence-corrected chi connectivity index (χ0v) is 9.30. The first-order valence-corrected chi connectivity index (χ1v) is 5.17. The maximum Gasteiger partial charge on any atom is 0.228 e. The molecule has 0 saturated carbocycles. The Kier molecular flexibility index (Phi) is 2.46. The summed E-state index contributed by atoms with van der Waals surface area (Å²) in [6.45, 7) is 3.60. The summed E-state index contributed by atoms with van der Waals surface area (Å²) >= 11 is 0. The smallest absolute Gasteiger partial charge is 0.228 e. The Hall–Kier alpha value is -1.42. The third-order valence-electron chi connectivity index (χ3n) is 2.96. The third kappa shape index (κ3) is 1.69. The molecular formula is C12H14FNO2. The summed E-state index contributed by atoms with van der Waals surface area (Å²) in [6.07, 6.45) is 0.210. The highest BCUT2D eigenvalue weighted by molar-refractivity contribution is 5.99. The molecule has 0 radical (unpaired) electrons. The van der Waals surface area contributed by atoms with Crippen molar-refractivity contribution >= 4 is 11.6 Å². The first-order chi connectivity index (χ1) is 7.44. The summed E-state index contributed by atoms with van der Waals surface area (Å²) in [5.74, 6) is -0.618. The molecule has 0 atom stereocenters. The van der Waals surface area contributed by atoms with E-state index >= 15 is 0 Å². The molecule has 16 heavy (non-hydrogen) atoms. The van der Waals surface area contributed by atoms with Crippen LogP contribution in [-0.2, 0) is 16.6 Å². The summed E-state index contributed by atoms with van der Waals surface area (Å²) in [5.41, 5.74) is 1.16. The second-order valence-electron chi connectivity index (χ2n) is 4.76. The van der Waals surface area contributed by atoms with E-state index in [9.17, 15) is 14.3 Å². The van der Waals surface area contributed by atoms with Crippen LogP contribution in [0.15, 0.2) is 12.1 Å². The third-order valence-corrected chi connectivity index (χ3v) is 2.96. The van der Waals surface area contributed by atoms with Gasteiger partial charge in [0, 0.05) is 5.41 Å². The molecule has 0 fully saturated rings. The molecule has 1 aliphatic heterocycles. The first-order valence-electron chi connectivity index (χ1n) is 5.17. The van der Waals surface area contributed by atoms with Crippen molar-refractivity contribution in [2.24, 2.45) is 0 Å². The molecular weight excluding hydrogens is 209 g/mol. The van der Waals surface area contributed by atoms with E-state index in [0.717, 1.165) is 0 Å². The monoisotopic (exact) mass is 223 g/mol. The van der Waals surface area contributed by atoms with Crippen LogP contribution in [0.4, 0.5) is 10.1 Å². The number of fused-ring (bicyclic) bond motifs is 1. The molecule has 2 rings (SSSR count). The number of rotatable bonds is 2. The Morgan fingerprint density at radius 3 is 2.81 bits per heavy atom. The largest absolute Gasteiger partial charge is 0.395 e. The lowest BCUT2D eigenvalue weighted by Gasteiger charge is -2.23. The number of carbonyl (C=O) groups excluding carboxylic acids is 1. The normalized spacial score (nSPS) is 14.9. The molecule has 86 valence electrons. The summed E-state index contributed by atoms with van der Waals surface area (Å²) in [6, 6.07) is 3.16. The Labute approximate surface area is 93.3 Å². The first kappa shape index (κ1) is 11.1. The number of nitrogens with one attached hydrogen (secondary N) is 1. The van der Waals surface area contributed by atoms with Crippen molar-refractivity contribution in [2.75, 3.05) is 11.9 Å². The number of aliphatic hydroxyl groups excluding tert-OH is 1. The standard InChI is InChI=1S/C12H14FNO2/c1-12(2,6-15)8-3-7-4-10(16)14-11(7)9(13)5-8/h3,5,15H,4,6H2,1-2H3,(H,14,16). The topological polar surface area (TPSA) is 49.3 Å². The zero-order valence-electron chi connectivity index (χ0n) is 9.30. The van der Waals surface area contributed by atoms with Crippen molar-refractivity contribution in [3.63, 3.8) is 0 Å². The summed E-state index contributed by atoms with van der Waals surface area (Å²) in [4.78, 5) is 11.2. The van der Waals surface area contributed by atoms with E-state index in [2.05, 4.69) is 5.32 Å². The van der Waals surface area contributed by atoms with Gasteiger partial charge in [0.1, 0.15) is 5.82 Å². The van der Waals surface area contributed by atoms with Gasteiger partial charge in [-0.3, -0.25) is 4.79 Å². The van der Waals surface area contributed by atoms with Gasteiger partial charge in [-0.15, -0.1) is 0 Å². The highest BCUT2D eigenvalue weighted by Gasteiger charge is 2.26. The number of hydrogen-bond acceptors (Lipinski definition) is 2. The highest BCUT2D eigenvalue weighted by atomic mass is 19.1. The van der Waals surface area contributed by atoms with Crippen LogP contribution in [0.1, 0.15) is 25.0 Å². The Balaban J connectivity index is 2.50. The van der Waals surface area contributed by atoms with Crippen molar-refractivity contribution in [1.29, 1.82) is 0 Å². The molecule has 0 spiro atoms. The maximum absolute atomic E-state index is 13.7. The van der Waals surface area contributed by atoms with Crippen LogP contribution in [0.3, 0.4) is 0 Å². The van der Waals surface area contributed by atoms with Gasteiger partial charge in [-0.25, -0.2) is 4.39 Å². The van der Waals surface area contributed by atoms with Gasteiger partial charge in [0.2, 0.25) is 5.91 Å². The van der Waals surface area contributed by atoms with Gasteiger partial charge < -0.3 is 10.4 Å². The molecule has 0 aromatic heterocycles. The highest BCUT2D eigenvalue weighted by Crippen LogP contribution is 2.32. The van der Waals surface area contributed by atoms with E-state index in [1.54, 1.807) is 6.07 Å². The number of hydrogen-bond donors (Lipinski definition) is 2. The Morgan fingerprint density at radius 1 is 1.50 bits per heavy atom. The van der Waals surface area contributed by atoms with Crippen molar-refractivity contribution in [1.82, 2.24) is 0 Å². The molecule has 1 amide bonds. The Bertz CT molecular complexity index is 455. The number of benzene rings is 1. The van der Waals surface area contributed by atoms with E-state index in [1.165, 1.54) is 6.07 Å². The molecule has 0 bridgehead atoms. The van der Waals surface area contributed by atoms with E-state index in [0.29, 0.717) is 11.1 Å². The average Bonchev–Trinajstić information content (AvgIpc) is 2.59. The number of halogens is 1. The van der Waals surface area contributed by atoms with Crippen LogP contribution in [0.25, 0.3) is 0 Å². The predicted octanol–water partition coefficient (Wildman–Crippen LogP) is 1.59. The molecule has 3 nitrogen and oxygen atoms in total. The van der Waals surface area contributed by atoms with E-state index in [-0.39, 0.29) is 24.6 Å². The minimum absolute atomic E-state index is 0.0629. The minimum atomic E-state index is -0.499. The second kappa shape index (κ2) is 3.56. The lowest BCUT2D eigenvalue weighted by atomic mass is 9.84. The number of amides is 1. The molecule has 1 aromatic carbocycles. The Morgan fingerprint density at radius 2 is 2.19 bits per heavy atom. The fourth-order valence-electron chi connectivity index (χ4n) is 1.78. The van der Waals surface area contributed by atoms with Crippen LogP contribution < -0.4 is 5.32 Å². The summed E-state index contributed by atoms with van der Waals surface area (Å²) in [7, 11) is 0. The van der Waals surface area contributed by atoms with Gasteiger partial charge in [0.25, 0.3) is 0 Å². The lowest BCUT2D eigenvalue weighted by molar-refractivity contribution is -0.115. The fraction of sp³-hybridized carbons (Fsp3) is 0.417.